The van der Waals surface area contributed by atoms with Crippen LogP contribution in [0.3, 0.4) is 0 Å². The summed E-state index contributed by atoms with van der Waals surface area (Å²) in [6.07, 6.45) is -1.23. The van der Waals surface area contributed by atoms with Crippen molar-refractivity contribution in [1.82, 2.24) is 0 Å². The molecule has 3 aromatic carbocycles. The molecule has 0 spiro atoms. The zero-order valence-electron chi connectivity index (χ0n) is 15.4. The number of carbonyl (C=O) groups excluding carboxylic acids is 2. The highest BCUT2D eigenvalue weighted by molar-refractivity contribution is 7.91. The Labute approximate surface area is 171 Å². The highest BCUT2D eigenvalue weighted by Gasteiger charge is 2.28. The normalized spacial score (nSPS) is 12.4. The second-order valence-electron chi connectivity index (χ2n) is 6.26. The van der Waals surface area contributed by atoms with Gasteiger partial charge < -0.3 is 4.74 Å². The van der Waals surface area contributed by atoms with Gasteiger partial charge in [-0.15, -0.1) is 0 Å². The average Bonchev–Trinajstić information content (AvgIpc) is 2.78. The summed E-state index contributed by atoms with van der Waals surface area (Å²) in [7, 11) is -4.77. The number of hydrogen-bond donors (Lipinski definition) is 0. The van der Waals surface area contributed by atoms with E-state index in [1.54, 1.807) is 60.7 Å². The summed E-state index contributed by atoms with van der Waals surface area (Å²) in [4.78, 5) is 24.9. The quantitative estimate of drug-likeness (QED) is 0.408. The zero-order chi connectivity index (χ0) is 21.7. The highest BCUT2D eigenvalue weighted by atomic mass is 32.2. The van der Waals surface area contributed by atoms with Crippen molar-refractivity contribution in [2.75, 3.05) is 0 Å². The molecule has 30 heavy (non-hydrogen) atoms. The van der Waals surface area contributed by atoms with Crippen LogP contribution in [0, 0.1) is 0 Å². The summed E-state index contributed by atoms with van der Waals surface area (Å²) in [6, 6.07) is 20.6. The van der Waals surface area contributed by atoms with Gasteiger partial charge >= 0.3 is 11.7 Å². The molecule has 0 aromatic heterocycles. The smallest absolute Gasteiger partial charge is 0.341 e. The van der Waals surface area contributed by atoms with E-state index in [9.17, 15) is 26.8 Å². The van der Waals surface area contributed by atoms with Crippen molar-refractivity contribution in [3.8, 4) is 0 Å². The van der Waals surface area contributed by atoms with E-state index in [0.29, 0.717) is 11.1 Å². The van der Waals surface area contributed by atoms with Crippen LogP contribution in [0.1, 0.15) is 32.4 Å². The van der Waals surface area contributed by atoms with Gasteiger partial charge in [-0.1, -0.05) is 60.7 Å². The minimum absolute atomic E-state index is 0.0787. The van der Waals surface area contributed by atoms with Crippen molar-refractivity contribution in [2.24, 2.45) is 0 Å². The molecule has 3 rings (SSSR count). The van der Waals surface area contributed by atoms with Crippen LogP contribution in [-0.4, -0.2) is 25.9 Å². The first-order valence-electron chi connectivity index (χ1n) is 8.78. The molecule has 154 valence electrons. The monoisotopic (exact) mass is 430 g/mol. The molecule has 0 aliphatic rings. The second-order valence-corrected chi connectivity index (χ2v) is 8.17. The lowest BCUT2D eigenvalue weighted by Gasteiger charge is -2.17. The van der Waals surface area contributed by atoms with Gasteiger partial charge in [0.1, 0.15) is 0 Å². The summed E-state index contributed by atoms with van der Waals surface area (Å²) in [6.45, 7) is 0. The summed E-state index contributed by atoms with van der Waals surface area (Å²) < 4.78 is 53.7. The second kappa shape index (κ2) is 8.96. The van der Waals surface area contributed by atoms with Crippen LogP contribution in [0.15, 0.2) is 89.8 Å². The summed E-state index contributed by atoms with van der Waals surface area (Å²) in [5, 5.41) is 0. The van der Waals surface area contributed by atoms with Crippen LogP contribution < -0.4 is 0 Å². The average molecular weight is 430 g/mol. The van der Waals surface area contributed by atoms with E-state index < -0.39 is 38.3 Å². The van der Waals surface area contributed by atoms with E-state index in [-0.39, 0.29) is 5.56 Å². The number of Topliss-reactive ketones (excluding diaryl/α,β-unsaturated/α-hetero) is 1. The van der Waals surface area contributed by atoms with Crippen LogP contribution >= 0.6 is 0 Å². The zero-order valence-corrected chi connectivity index (χ0v) is 16.3. The first-order chi connectivity index (χ1) is 14.3. The molecule has 8 heteroatoms. The van der Waals surface area contributed by atoms with Crippen LogP contribution in [-0.2, 0) is 14.6 Å². The Kier molecular flexibility index (Phi) is 6.37. The molecule has 0 amide bonds. The van der Waals surface area contributed by atoms with Gasteiger partial charge in [-0.2, -0.15) is 8.78 Å². The van der Waals surface area contributed by atoms with Gasteiger partial charge in [0.25, 0.3) is 0 Å². The molecular formula is C22H16F2O5S. The van der Waals surface area contributed by atoms with Crippen LogP contribution in [0.2, 0.25) is 0 Å². The fraction of sp³-hybridized carbons (Fsp3) is 0.0909. The van der Waals surface area contributed by atoms with Crippen molar-refractivity contribution in [3.05, 3.63) is 102 Å². The minimum Gasteiger partial charge on any atom is -0.445 e. The van der Waals surface area contributed by atoms with Crippen molar-refractivity contribution >= 4 is 21.6 Å². The summed E-state index contributed by atoms with van der Waals surface area (Å²) in [5.74, 6) is -4.90. The third-order valence-electron chi connectivity index (χ3n) is 4.28. The first-order valence-corrected chi connectivity index (χ1v) is 10.3. The number of benzene rings is 3. The maximum atomic E-state index is 12.9. The van der Waals surface area contributed by atoms with E-state index in [0.717, 1.165) is 24.3 Å². The molecule has 0 aliphatic carbocycles. The number of sulfone groups is 1. The maximum Gasteiger partial charge on any atom is 0.341 e. The maximum absolute atomic E-state index is 12.9. The molecule has 1 unspecified atom stereocenters. The Morgan fingerprint density at radius 2 is 1.27 bits per heavy atom. The van der Waals surface area contributed by atoms with Crippen LogP contribution in [0.25, 0.3) is 0 Å². The fourth-order valence-corrected chi connectivity index (χ4v) is 3.43. The lowest BCUT2D eigenvalue weighted by Crippen LogP contribution is -2.20. The standard InChI is InChI=1S/C22H16F2O5S/c23-22(24)30(27,28)18-13-11-17(12-14-18)21(26)29-20(16-9-5-2-6-10-16)19(25)15-7-3-1-4-8-15/h1-14,20,22H. The third-order valence-corrected chi connectivity index (χ3v) is 5.68. The number of rotatable bonds is 7. The number of carbonyl (C=O) groups is 2. The van der Waals surface area contributed by atoms with Gasteiger partial charge in [0.2, 0.25) is 15.6 Å². The Balaban J connectivity index is 1.88. The van der Waals surface area contributed by atoms with E-state index in [1.807, 2.05) is 0 Å². The lowest BCUT2D eigenvalue weighted by molar-refractivity contribution is 0.0280. The molecule has 1 atom stereocenters. The van der Waals surface area contributed by atoms with Gasteiger partial charge in [-0.3, -0.25) is 4.79 Å². The predicted octanol–water partition coefficient (Wildman–Crippen LogP) is 4.46. The van der Waals surface area contributed by atoms with Crippen molar-refractivity contribution in [2.45, 2.75) is 16.8 Å². The highest BCUT2D eigenvalue weighted by Crippen LogP contribution is 2.25. The SMILES string of the molecule is O=C(OC(C(=O)c1ccccc1)c1ccccc1)c1ccc(S(=O)(=O)C(F)F)cc1. The lowest BCUT2D eigenvalue weighted by atomic mass is 10.00. The van der Waals surface area contributed by atoms with Crippen LogP contribution in [0.4, 0.5) is 8.78 Å². The minimum atomic E-state index is -4.77. The number of ether oxygens (including phenoxy) is 1. The third kappa shape index (κ3) is 4.60. The van der Waals surface area contributed by atoms with E-state index in [4.69, 9.17) is 4.74 Å². The fourth-order valence-electron chi connectivity index (χ4n) is 2.71. The molecule has 5 nitrogen and oxygen atoms in total. The van der Waals surface area contributed by atoms with Crippen LogP contribution in [0.5, 0.6) is 0 Å². The summed E-state index contributed by atoms with van der Waals surface area (Å²) in [5.41, 5.74) is 0.721. The Bertz CT molecular complexity index is 1130. The molecule has 0 saturated heterocycles. The number of alkyl halides is 2. The molecular weight excluding hydrogens is 414 g/mol. The van der Waals surface area contributed by atoms with Crippen molar-refractivity contribution in [3.63, 3.8) is 0 Å². The van der Waals surface area contributed by atoms with E-state index >= 15 is 0 Å². The molecule has 0 heterocycles. The molecule has 0 aliphatic heterocycles. The Hall–Kier alpha value is -3.39. The number of hydrogen-bond acceptors (Lipinski definition) is 5. The number of halogens is 2. The molecule has 0 fully saturated rings. The predicted molar refractivity (Wildman–Crippen MR) is 105 cm³/mol. The Morgan fingerprint density at radius 1 is 0.733 bits per heavy atom. The first kappa shape index (κ1) is 21.3. The van der Waals surface area contributed by atoms with E-state index in [2.05, 4.69) is 0 Å². The van der Waals surface area contributed by atoms with Crippen molar-refractivity contribution < 1.29 is 31.5 Å². The Morgan fingerprint density at radius 3 is 1.80 bits per heavy atom. The number of esters is 1. The molecule has 0 radical (unpaired) electrons. The van der Waals surface area contributed by atoms with Gasteiger partial charge in [-0.25, -0.2) is 13.2 Å². The molecule has 0 N–H and O–H groups in total. The van der Waals surface area contributed by atoms with Crippen molar-refractivity contribution in [1.29, 1.82) is 0 Å². The summed E-state index contributed by atoms with van der Waals surface area (Å²) >= 11 is 0. The number of ketones is 1. The van der Waals surface area contributed by atoms with E-state index in [1.165, 1.54) is 0 Å². The molecule has 0 bridgehead atoms. The van der Waals surface area contributed by atoms with Gasteiger partial charge in [0, 0.05) is 11.1 Å². The molecule has 0 saturated carbocycles. The van der Waals surface area contributed by atoms with Gasteiger partial charge in [0.05, 0.1) is 10.5 Å². The molecule has 3 aromatic rings. The largest absolute Gasteiger partial charge is 0.445 e. The topological polar surface area (TPSA) is 77.5 Å². The van der Waals surface area contributed by atoms with Gasteiger partial charge in [0.15, 0.2) is 6.10 Å². The van der Waals surface area contributed by atoms with Gasteiger partial charge in [-0.05, 0) is 24.3 Å².